The standard InChI is InChI=1S/C24H25N3O2/c1-16-5-7-19(8-6-16)20-12-21(14-22(13-20)27(4)18(3)28)24(29)11-17(2)23-15-25-9-10-26-23/h5-10,12-15,17H,11H2,1-4H3. The number of carbonyl (C=O) groups excluding carboxylic acids is 2. The normalized spacial score (nSPS) is 11.7. The van der Waals surface area contributed by atoms with E-state index in [-0.39, 0.29) is 17.6 Å². The zero-order chi connectivity index (χ0) is 21.0. The van der Waals surface area contributed by atoms with E-state index in [4.69, 9.17) is 0 Å². The van der Waals surface area contributed by atoms with Crippen molar-refractivity contribution in [1.82, 2.24) is 9.97 Å². The minimum Gasteiger partial charge on any atom is -0.316 e. The monoisotopic (exact) mass is 387 g/mol. The molecule has 1 aromatic heterocycles. The van der Waals surface area contributed by atoms with Gasteiger partial charge in [-0.15, -0.1) is 0 Å². The van der Waals surface area contributed by atoms with Crippen LogP contribution in [0.3, 0.4) is 0 Å². The van der Waals surface area contributed by atoms with Gasteiger partial charge in [0.05, 0.1) is 5.69 Å². The van der Waals surface area contributed by atoms with Gasteiger partial charge in [0.2, 0.25) is 5.91 Å². The van der Waals surface area contributed by atoms with Crippen LogP contribution in [0.4, 0.5) is 5.69 Å². The van der Waals surface area contributed by atoms with E-state index in [0.29, 0.717) is 17.7 Å². The predicted octanol–water partition coefficient (Wildman–Crippen LogP) is 4.81. The van der Waals surface area contributed by atoms with Gasteiger partial charge < -0.3 is 4.90 Å². The first-order valence-electron chi connectivity index (χ1n) is 9.60. The molecule has 1 heterocycles. The number of aryl methyl sites for hydroxylation is 1. The summed E-state index contributed by atoms with van der Waals surface area (Å²) in [6.45, 7) is 5.51. The summed E-state index contributed by atoms with van der Waals surface area (Å²) in [7, 11) is 1.72. The number of rotatable bonds is 6. The highest BCUT2D eigenvalue weighted by Crippen LogP contribution is 2.29. The summed E-state index contributed by atoms with van der Waals surface area (Å²) in [5, 5.41) is 0. The number of ketones is 1. The number of carbonyl (C=O) groups is 2. The van der Waals surface area contributed by atoms with E-state index < -0.39 is 0 Å². The van der Waals surface area contributed by atoms with E-state index in [1.54, 1.807) is 36.6 Å². The highest BCUT2D eigenvalue weighted by atomic mass is 16.2. The van der Waals surface area contributed by atoms with Crippen molar-refractivity contribution >= 4 is 17.4 Å². The molecule has 3 rings (SSSR count). The van der Waals surface area contributed by atoms with Crippen LogP contribution in [-0.4, -0.2) is 28.7 Å². The second-order valence-corrected chi connectivity index (χ2v) is 7.37. The van der Waals surface area contributed by atoms with Crippen molar-refractivity contribution in [2.75, 3.05) is 11.9 Å². The predicted molar refractivity (Wildman–Crippen MR) is 115 cm³/mol. The van der Waals surface area contributed by atoms with E-state index in [9.17, 15) is 9.59 Å². The van der Waals surface area contributed by atoms with Gasteiger partial charge in [-0.1, -0.05) is 36.8 Å². The van der Waals surface area contributed by atoms with Crippen LogP contribution in [0.2, 0.25) is 0 Å². The number of nitrogens with zero attached hydrogens (tertiary/aromatic N) is 3. The Morgan fingerprint density at radius 1 is 1.03 bits per heavy atom. The Labute approximate surface area is 171 Å². The largest absolute Gasteiger partial charge is 0.316 e. The van der Waals surface area contributed by atoms with Crippen molar-refractivity contribution in [1.29, 1.82) is 0 Å². The maximum absolute atomic E-state index is 13.1. The molecule has 0 aliphatic carbocycles. The van der Waals surface area contributed by atoms with Crippen molar-refractivity contribution in [2.24, 2.45) is 0 Å². The SMILES string of the molecule is CC(=O)N(C)c1cc(C(=O)CC(C)c2cnccn2)cc(-c2ccc(C)cc2)c1. The molecule has 0 saturated heterocycles. The molecule has 0 spiro atoms. The molecule has 1 unspecified atom stereocenters. The van der Waals surface area contributed by atoms with E-state index in [1.807, 2.05) is 50.2 Å². The van der Waals surface area contributed by atoms with Crippen molar-refractivity contribution in [3.8, 4) is 11.1 Å². The Kier molecular flexibility index (Phi) is 6.17. The fourth-order valence-electron chi connectivity index (χ4n) is 3.13. The zero-order valence-electron chi connectivity index (χ0n) is 17.2. The van der Waals surface area contributed by atoms with Crippen LogP contribution >= 0.6 is 0 Å². The van der Waals surface area contributed by atoms with E-state index >= 15 is 0 Å². The third kappa shape index (κ3) is 4.93. The highest BCUT2D eigenvalue weighted by molar-refractivity contribution is 6.00. The molecule has 0 N–H and O–H groups in total. The fraction of sp³-hybridized carbons (Fsp3) is 0.250. The van der Waals surface area contributed by atoms with Crippen LogP contribution in [0.15, 0.2) is 61.1 Å². The maximum atomic E-state index is 13.1. The third-order valence-corrected chi connectivity index (χ3v) is 5.06. The molecule has 1 atom stereocenters. The van der Waals surface area contributed by atoms with Crippen LogP contribution < -0.4 is 4.90 Å². The number of Topliss-reactive ketones (excluding diaryl/α,β-unsaturated/α-hetero) is 1. The molecule has 2 aromatic carbocycles. The van der Waals surface area contributed by atoms with Gasteiger partial charge in [-0.05, 0) is 36.2 Å². The molecule has 29 heavy (non-hydrogen) atoms. The topological polar surface area (TPSA) is 63.2 Å². The Bertz CT molecular complexity index is 1010. The number of benzene rings is 2. The van der Waals surface area contributed by atoms with Crippen LogP contribution in [-0.2, 0) is 4.79 Å². The molecular weight excluding hydrogens is 362 g/mol. The highest BCUT2D eigenvalue weighted by Gasteiger charge is 2.17. The van der Waals surface area contributed by atoms with E-state index in [0.717, 1.165) is 16.8 Å². The van der Waals surface area contributed by atoms with Gasteiger partial charge in [0, 0.05) is 56.2 Å². The Morgan fingerprint density at radius 3 is 2.38 bits per heavy atom. The average Bonchev–Trinajstić information content (AvgIpc) is 2.73. The summed E-state index contributed by atoms with van der Waals surface area (Å²) in [5.74, 6) is -0.124. The summed E-state index contributed by atoms with van der Waals surface area (Å²) in [5.41, 5.74) is 5.15. The molecule has 0 fully saturated rings. The molecule has 0 radical (unpaired) electrons. The lowest BCUT2D eigenvalue weighted by Gasteiger charge is -2.18. The molecule has 0 bridgehead atoms. The second kappa shape index (κ2) is 8.78. The summed E-state index contributed by atoms with van der Waals surface area (Å²) < 4.78 is 0. The van der Waals surface area contributed by atoms with Crippen molar-refractivity contribution in [2.45, 2.75) is 33.1 Å². The average molecular weight is 387 g/mol. The van der Waals surface area contributed by atoms with Gasteiger partial charge in [-0.3, -0.25) is 19.6 Å². The van der Waals surface area contributed by atoms with Gasteiger partial charge in [0.15, 0.2) is 5.78 Å². The lowest BCUT2D eigenvalue weighted by molar-refractivity contribution is -0.116. The molecule has 0 saturated carbocycles. The second-order valence-electron chi connectivity index (χ2n) is 7.37. The fourth-order valence-corrected chi connectivity index (χ4v) is 3.13. The molecular formula is C24H25N3O2. The van der Waals surface area contributed by atoms with Gasteiger partial charge in [0.25, 0.3) is 0 Å². The zero-order valence-corrected chi connectivity index (χ0v) is 17.2. The first kappa shape index (κ1) is 20.4. The molecule has 148 valence electrons. The van der Waals surface area contributed by atoms with Crippen molar-refractivity contribution in [3.05, 3.63) is 77.9 Å². The maximum Gasteiger partial charge on any atom is 0.223 e. The van der Waals surface area contributed by atoms with Crippen LogP contribution in [0.25, 0.3) is 11.1 Å². The quantitative estimate of drug-likeness (QED) is 0.569. The van der Waals surface area contributed by atoms with Crippen LogP contribution in [0.1, 0.15) is 47.8 Å². The minimum absolute atomic E-state index is 0.00955. The first-order valence-corrected chi connectivity index (χ1v) is 9.60. The van der Waals surface area contributed by atoms with Crippen LogP contribution in [0, 0.1) is 6.92 Å². The molecule has 0 aliphatic rings. The number of hydrogen-bond donors (Lipinski definition) is 0. The number of anilines is 1. The molecule has 5 heteroatoms. The number of amides is 1. The Balaban J connectivity index is 1.97. The van der Waals surface area contributed by atoms with Crippen molar-refractivity contribution in [3.63, 3.8) is 0 Å². The van der Waals surface area contributed by atoms with E-state index in [2.05, 4.69) is 9.97 Å². The number of aromatic nitrogens is 2. The molecule has 5 nitrogen and oxygen atoms in total. The third-order valence-electron chi connectivity index (χ3n) is 5.06. The van der Waals surface area contributed by atoms with Gasteiger partial charge in [0.1, 0.15) is 0 Å². The molecule has 0 aliphatic heterocycles. The molecule has 1 amide bonds. The summed E-state index contributed by atoms with van der Waals surface area (Å²) in [6.07, 6.45) is 5.26. The minimum atomic E-state index is -0.0858. The summed E-state index contributed by atoms with van der Waals surface area (Å²) in [6, 6.07) is 13.7. The first-order chi connectivity index (χ1) is 13.8. The summed E-state index contributed by atoms with van der Waals surface area (Å²) in [4.78, 5) is 34.9. The number of hydrogen-bond acceptors (Lipinski definition) is 4. The van der Waals surface area contributed by atoms with Gasteiger partial charge in [-0.2, -0.15) is 0 Å². The van der Waals surface area contributed by atoms with Gasteiger partial charge in [-0.25, -0.2) is 0 Å². The van der Waals surface area contributed by atoms with Gasteiger partial charge >= 0.3 is 0 Å². The molecule has 3 aromatic rings. The smallest absolute Gasteiger partial charge is 0.223 e. The van der Waals surface area contributed by atoms with E-state index in [1.165, 1.54) is 12.5 Å². The van der Waals surface area contributed by atoms with Crippen molar-refractivity contribution < 1.29 is 9.59 Å². The Hall–Kier alpha value is -3.34. The van der Waals surface area contributed by atoms with Crippen LogP contribution in [0.5, 0.6) is 0 Å². The Morgan fingerprint density at radius 2 is 1.76 bits per heavy atom. The lowest BCUT2D eigenvalue weighted by atomic mass is 9.94. The summed E-state index contributed by atoms with van der Waals surface area (Å²) >= 11 is 0. The lowest BCUT2D eigenvalue weighted by Crippen LogP contribution is -2.23.